The van der Waals surface area contributed by atoms with Gasteiger partial charge >= 0.3 is 0 Å². The van der Waals surface area contributed by atoms with Gasteiger partial charge in [-0.15, -0.1) is 10.2 Å². The Morgan fingerprint density at radius 2 is 2.14 bits per heavy atom. The molecule has 22 heavy (non-hydrogen) atoms. The van der Waals surface area contributed by atoms with Crippen LogP contribution in [0.1, 0.15) is 25.3 Å². The summed E-state index contributed by atoms with van der Waals surface area (Å²) in [6.45, 7) is 2.81. The van der Waals surface area contributed by atoms with Crippen LogP contribution >= 0.6 is 23.1 Å². The predicted octanol–water partition coefficient (Wildman–Crippen LogP) is 3.94. The fraction of sp³-hybridized carbons (Fsp3) is 0.400. The second kappa shape index (κ2) is 8.61. The van der Waals surface area contributed by atoms with E-state index in [1.54, 1.807) is 30.2 Å². The summed E-state index contributed by atoms with van der Waals surface area (Å²) in [6.07, 6.45) is 1.45. The molecule has 0 saturated heterocycles. The maximum absolute atomic E-state index is 8.59. The monoisotopic (exact) mass is 334 g/mol. The highest BCUT2D eigenvalue weighted by Gasteiger charge is 2.09. The molecule has 0 saturated carbocycles. The summed E-state index contributed by atoms with van der Waals surface area (Å²) >= 11 is 3.21. The molecule has 1 aromatic carbocycles. The van der Waals surface area contributed by atoms with Crippen LogP contribution < -0.4 is 10.1 Å². The Labute approximate surface area is 138 Å². The molecule has 116 valence electrons. The Hall–Kier alpha value is -1.78. The lowest BCUT2D eigenvalue weighted by atomic mass is 10.2. The van der Waals surface area contributed by atoms with E-state index >= 15 is 0 Å². The third-order valence-corrected chi connectivity index (χ3v) is 5.11. The number of hydrogen-bond donors (Lipinski definition) is 1. The smallest absolute Gasteiger partial charge is 0.206 e. The van der Waals surface area contributed by atoms with Crippen LogP contribution in [-0.4, -0.2) is 22.6 Å². The molecule has 0 radical (unpaired) electrons. The summed E-state index contributed by atoms with van der Waals surface area (Å²) in [7, 11) is 1.66. The maximum atomic E-state index is 8.59. The summed E-state index contributed by atoms with van der Waals surface area (Å²) in [5, 5.41) is 21.4. The number of ether oxygens (including phenoxy) is 1. The first-order valence-electron chi connectivity index (χ1n) is 6.95. The van der Waals surface area contributed by atoms with Crippen LogP contribution in [0.2, 0.25) is 0 Å². The molecule has 1 atom stereocenters. The first kappa shape index (κ1) is 16.6. The summed E-state index contributed by atoms with van der Waals surface area (Å²) in [5.74, 6) is 0.852. The van der Waals surface area contributed by atoms with E-state index in [1.807, 2.05) is 24.3 Å². The van der Waals surface area contributed by atoms with Gasteiger partial charge in [-0.3, -0.25) is 0 Å². The Morgan fingerprint density at radius 3 is 2.82 bits per heavy atom. The van der Waals surface area contributed by atoms with Gasteiger partial charge in [-0.05, 0) is 24.1 Å². The number of benzene rings is 1. The molecular formula is C15H18N4OS2. The van der Waals surface area contributed by atoms with Crippen LogP contribution in [0.5, 0.6) is 5.75 Å². The van der Waals surface area contributed by atoms with Gasteiger partial charge in [0.25, 0.3) is 0 Å². The van der Waals surface area contributed by atoms with Crippen molar-refractivity contribution in [1.82, 2.24) is 10.2 Å². The lowest BCUT2D eigenvalue weighted by Gasteiger charge is -2.05. The van der Waals surface area contributed by atoms with Crippen molar-refractivity contribution in [2.75, 3.05) is 12.4 Å². The molecule has 1 N–H and O–H groups in total. The minimum absolute atomic E-state index is 0.377. The van der Waals surface area contributed by atoms with Crippen molar-refractivity contribution in [3.05, 3.63) is 29.8 Å². The van der Waals surface area contributed by atoms with Crippen LogP contribution in [0.25, 0.3) is 0 Å². The Morgan fingerprint density at radius 1 is 1.36 bits per heavy atom. The van der Waals surface area contributed by atoms with Crippen LogP contribution in [0.3, 0.4) is 0 Å². The van der Waals surface area contributed by atoms with E-state index in [9.17, 15) is 0 Å². The fourth-order valence-electron chi connectivity index (χ4n) is 1.75. The number of nitrogens with zero attached hydrogens (tertiary/aromatic N) is 3. The highest BCUT2D eigenvalue weighted by molar-refractivity contribution is 8.01. The molecule has 0 aliphatic heterocycles. The van der Waals surface area contributed by atoms with Gasteiger partial charge in [0.2, 0.25) is 5.13 Å². The predicted molar refractivity (Wildman–Crippen MR) is 90.4 cm³/mol. The molecule has 0 bridgehead atoms. The molecule has 7 heteroatoms. The number of nitrogens with one attached hydrogen (secondary N) is 1. The molecule has 1 heterocycles. The van der Waals surface area contributed by atoms with Crippen molar-refractivity contribution in [1.29, 1.82) is 5.26 Å². The van der Waals surface area contributed by atoms with Gasteiger partial charge in [0.1, 0.15) is 5.75 Å². The van der Waals surface area contributed by atoms with Gasteiger partial charge in [0, 0.05) is 18.2 Å². The normalized spacial score (nSPS) is 11.7. The fourth-order valence-corrected chi connectivity index (χ4v) is 3.81. The summed E-state index contributed by atoms with van der Waals surface area (Å²) in [6, 6.07) is 10.1. The van der Waals surface area contributed by atoms with E-state index in [0.717, 1.165) is 27.2 Å². The lowest BCUT2D eigenvalue weighted by molar-refractivity contribution is 0.414. The molecule has 0 amide bonds. The van der Waals surface area contributed by atoms with Gasteiger partial charge in [-0.25, -0.2) is 0 Å². The first-order chi connectivity index (χ1) is 10.7. The van der Waals surface area contributed by atoms with Crippen LogP contribution in [0.15, 0.2) is 28.6 Å². The van der Waals surface area contributed by atoms with Gasteiger partial charge in [0.05, 0.1) is 13.2 Å². The second-order valence-electron chi connectivity index (χ2n) is 4.70. The first-order valence-corrected chi connectivity index (χ1v) is 8.65. The van der Waals surface area contributed by atoms with Gasteiger partial charge in [-0.2, -0.15) is 5.26 Å². The number of nitriles is 1. The molecule has 2 rings (SSSR count). The van der Waals surface area contributed by atoms with Crippen LogP contribution in [0.4, 0.5) is 5.13 Å². The van der Waals surface area contributed by atoms with Gasteiger partial charge in [-0.1, -0.05) is 42.2 Å². The molecule has 0 fully saturated rings. The number of rotatable bonds is 8. The van der Waals surface area contributed by atoms with E-state index in [-0.39, 0.29) is 0 Å². The molecular weight excluding hydrogens is 316 g/mol. The lowest BCUT2D eigenvalue weighted by Crippen LogP contribution is -1.98. The van der Waals surface area contributed by atoms with E-state index in [2.05, 4.69) is 28.5 Å². The third kappa shape index (κ3) is 5.20. The van der Waals surface area contributed by atoms with E-state index < -0.39 is 0 Å². The molecule has 1 aromatic heterocycles. The number of hydrogen-bond acceptors (Lipinski definition) is 7. The largest absolute Gasteiger partial charge is 0.497 e. The topological polar surface area (TPSA) is 70.8 Å². The summed E-state index contributed by atoms with van der Waals surface area (Å²) in [4.78, 5) is 0. The summed E-state index contributed by atoms with van der Waals surface area (Å²) in [5.41, 5.74) is 1.16. The SMILES string of the molecule is COc1ccc(CNc2nnc(SC(C)CCC#N)s2)cc1. The van der Waals surface area contributed by atoms with Crippen LogP contribution in [0, 0.1) is 11.3 Å². The quantitative estimate of drug-likeness (QED) is 0.737. The molecule has 1 unspecified atom stereocenters. The minimum atomic E-state index is 0.377. The average molecular weight is 334 g/mol. The second-order valence-corrected chi connectivity index (χ2v) is 7.36. The van der Waals surface area contributed by atoms with Crippen molar-refractivity contribution >= 4 is 28.2 Å². The number of thioether (sulfide) groups is 1. The summed E-state index contributed by atoms with van der Waals surface area (Å²) < 4.78 is 6.07. The molecule has 0 spiro atoms. The average Bonchev–Trinajstić information content (AvgIpc) is 2.99. The van der Waals surface area contributed by atoms with Gasteiger partial charge < -0.3 is 10.1 Å². The Bertz CT molecular complexity index is 621. The van der Waals surface area contributed by atoms with Crippen molar-refractivity contribution < 1.29 is 4.74 Å². The zero-order chi connectivity index (χ0) is 15.8. The minimum Gasteiger partial charge on any atom is -0.497 e. The van der Waals surface area contributed by atoms with E-state index in [4.69, 9.17) is 10.00 Å². The molecule has 0 aliphatic carbocycles. The standard InChI is InChI=1S/C15H18N4OS2/c1-11(4-3-9-16)21-15-19-18-14(22-15)17-10-12-5-7-13(20-2)8-6-12/h5-8,11H,3-4,10H2,1-2H3,(H,17,18). The van der Waals surface area contributed by atoms with Gasteiger partial charge in [0.15, 0.2) is 4.34 Å². The molecule has 0 aliphatic rings. The zero-order valence-electron chi connectivity index (χ0n) is 12.6. The number of methoxy groups -OCH3 is 1. The Kier molecular flexibility index (Phi) is 6.49. The maximum Gasteiger partial charge on any atom is 0.206 e. The molecule has 5 nitrogen and oxygen atoms in total. The van der Waals surface area contributed by atoms with Crippen molar-refractivity contribution in [3.8, 4) is 11.8 Å². The zero-order valence-corrected chi connectivity index (χ0v) is 14.2. The van der Waals surface area contributed by atoms with Crippen molar-refractivity contribution in [3.63, 3.8) is 0 Å². The van der Waals surface area contributed by atoms with E-state index in [1.165, 1.54) is 0 Å². The highest BCUT2D eigenvalue weighted by atomic mass is 32.2. The Balaban J connectivity index is 1.82. The van der Waals surface area contributed by atoms with Crippen molar-refractivity contribution in [2.24, 2.45) is 0 Å². The number of aromatic nitrogens is 2. The molecule has 2 aromatic rings. The number of anilines is 1. The van der Waals surface area contributed by atoms with Crippen LogP contribution in [-0.2, 0) is 6.54 Å². The van der Waals surface area contributed by atoms with Crippen molar-refractivity contribution in [2.45, 2.75) is 35.9 Å². The highest BCUT2D eigenvalue weighted by Crippen LogP contribution is 2.30. The third-order valence-electron chi connectivity index (χ3n) is 2.97. The van der Waals surface area contributed by atoms with E-state index in [0.29, 0.717) is 18.2 Å².